The van der Waals surface area contributed by atoms with Crippen molar-refractivity contribution >= 4 is 5.91 Å². The van der Waals surface area contributed by atoms with Gasteiger partial charge in [-0.15, -0.1) is 6.42 Å². The van der Waals surface area contributed by atoms with Gasteiger partial charge in [-0.05, 0) is 35.7 Å². The van der Waals surface area contributed by atoms with Gasteiger partial charge in [0.1, 0.15) is 12.4 Å². The number of carbonyl (C=O) groups excluding carboxylic acids is 1. The van der Waals surface area contributed by atoms with E-state index in [1.54, 1.807) is 36.4 Å². The van der Waals surface area contributed by atoms with E-state index >= 15 is 0 Å². The number of nitrogens with one attached hydrogen (secondary N) is 1. The molecular formula is C26H22F3NO4. The van der Waals surface area contributed by atoms with E-state index < -0.39 is 35.0 Å². The van der Waals surface area contributed by atoms with Crippen molar-refractivity contribution in [2.75, 3.05) is 20.3 Å². The summed E-state index contributed by atoms with van der Waals surface area (Å²) in [6.07, 6.45) is 3.26. The predicted molar refractivity (Wildman–Crippen MR) is 121 cm³/mol. The van der Waals surface area contributed by atoms with E-state index in [0.29, 0.717) is 17.9 Å². The van der Waals surface area contributed by atoms with E-state index in [-0.39, 0.29) is 24.3 Å². The Kier molecular flexibility index (Phi) is 8.17. The molecule has 5 nitrogen and oxygen atoms in total. The molecular weight excluding hydrogens is 447 g/mol. The van der Waals surface area contributed by atoms with Crippen LogP contribution in [0.2, 0.25) is 0 Å². The molecule has 0 aromatic heterocycles. The van der Waals surface area contributed by atoms with Crippen LogP contribution in [-0.4, -0.2) is 31.3 Å². The van der Waals surface area contributed by atoms with Crippen molar-refractivity contribution in [3.63, 3.8) is 0 Å². The van der Waals surface area contributed by atoms with Crippen molar-refractivity contribution in [3.05, 3.63) is 83.2 Å². The number of carbonyl (C=O) groups is 1. The van der Waals surface area contributed by atoms with Gasteiger partial charge in [-0.25, -0.2) is 13.2 Å². The topological polar surface area (TPSA) is 67.8 Å². The number of hydrogen-bond donors (Lipinski definition) is 2. The summed E-state index contributed by atoms with van der Waals surface area (Å²) >= 11 is 0. The lowest BCUT2D eigenvalue weighted by Gasteiger charge is -2.16. The first-order valence-corrected chi connectivity index (χ1v) is 10.3. The van der Waals surface area contributed by atoms with Crippen LogP contribution in [0.25, 0.3) is 11.1 Å². The summed E-state index contributed by atoms with van der Waals surface area (Å²) in [6.45, 7) is 0.112. The summed E-state index contributed by atoms with van der Waals surface area (Å²) in [7, 11) is 1.46. The molecule has 1 unspecified atom stereocenters. The Morgan fingerprint density at radius 2 is 1.82 bits per heavy atom. The first-order chi connectivity index (χ1) is 16.4. The van der Waals surface area contributed by atoms with Crippen molar-refractivity contribution in [1.82, 2.24) is 5.32 Å². The van der Waals surface area contributed by atoms with Gasteiger partial charge in [0.2, 0.25) is 0 Å². The highest BCUT2D eigenvalue weighted by atomic mass is 19.2. The molecule has 0 aliphatic heterocycles. The summed E-state index contributed by atoms with van der Waals surface area (Å²) in [6, 6.07) is 13.7. The number of rotatable bonds is 9. The van der Waals surface area contributed by atoms with E-state index in [1.807, 2.05) is 0 Å². The van der Waals surface area contributed by atoms with E-state index in [1.165, 1.54) is 19.2 Å². The summed E-state index contributed by atoms with van der Waals surface area (Å²) in [4.78, 5) is 12.3. The molecule has 0 heterocycles. The second kappa shape index (κ2) is 11.3. The fourth-order valence-electron chi connectivity index (χ4n) is 3.35. The van der Waals surface area contributed by atoms with Crippen molar-refractivity contribution in [2.24, 2.45) is 0 Å². The number of benzene rings is 3. The van der Waals surface area contributed by atoms with Crippen LogP contribution >= 0.6 is 0 Å². The van der Waals surface area contributed by atoms with Gasteiger partial charge in [-0.1, -0.05) is 42.3 Å². The largest absolute Gasteiger partial charge is 0.493 e. The van der Waals surface area contributed by atoms with E-state index in [0.717, 1.165) is 11.6 Å². The van der Waals surface area contributed by atoms with Gasteiger partial charge < -0.3 is 19.9 Å². The van der Waals surface area contributed by atoms with Crippen molar-refractivity contribution < 1.29 is 32.5 Å². The normalized spacial score (nSPS) is 11.4. The molecule has 0 spiro atoms. The van der Waals surface area contributed by atoms with Gasteiger partial charge >= 0.3 is 0 Å². The molecule has 0 aliphatic carbocycles. The van der Waals surface area contributed by atoms with Gasteiger partial charge in [0, 0.05) is 12.1 Å². The molecule has 3 rings (SSSR count). The first-order valence-electron chi connectivity index (χ1n) is 10.3. The lowest BCUT2D eigenvalue weighted by atomic mass is 9.99. The van der Waals surface area contributed by atoms with Gasteiger partial charge in [0.25, 0.3) is 5.91 Å². The van der Waals surface area contributed by atoms with Crippen molar-refractivity contribution in [3.8, 4) is 35.0 Å². The molecule has 0 radical (unpaired) electrons. The third kappa shape index (κ3) is 5.50. The minimum Gasteiger partial charge on any atom is -0.493 e. The molecule has 1 atom stereocenters. The predicted octanol–water partition coefficient (Wildman–Crippen LogP) is 4.18. The highest BCUT2D eigenvalue weighted by molar-refractivity contribution is 5.82. The van der Waals surface area contributed by atoms with Gasteiger partial charge in [-0.2, -0.15) is 0 Å². The number of hydrogen-bond acceptors (Lipinski definition) is 4. The zero-order chi connectivity index (χ0) is 24.7. The maximum absolute atomic E-state index is 14.6. The Labute approximate surface area is 195 Å². The Balaban J connectivity index is 1.68. The lowest BCUT2D eigenvalue weighted by molar-refractivity contribution is -0.129. The monoisotopic (exact) mass is 469 g/mol. The number of amides is 1. The van der Waals surface area contributed by atoms with Crippen LogP contribution in [0.1, 0.15) is 17.2 Å². The molecule has 34 heavy (non-hydrogen) atoms. The number of terminal acetylenes is 1. The van der Waals surface area contributed by atoms with Crippen LogP contribution < -0.4 is 14.8 Å². The Hall–Kier alpha value is -3.96. The Morgan fingerprint density at radius 3 is 2.50 bits per heavy atom. The van der Waals surface area contributed by atoms with E-state index in [2.05, 4.69) is 11.2 Å². The SMILES string of the molecule is C#CCOc1ccc(CCNC(=O)C(O)c2c(F)cc(-c3ccccc3)c(F)c2F)cc1OC. The molecule has 3 aromatic carbocycles. The standard InChI is InChI=1S/C26H22F3NO4/c1-3-13-34-20-10-9-16(14-21(20)33-2)11-12-30-26(32)25(31)22-19(27)15-18(23(28)24(22)29)17-7-5-4-6-8-17/h1,4-10,14-15,25,31H,11-13H2,2H3,(H,30,32). The zero-order valence-corrected chi connectivity index (χ0v) is 18.3. The van der Waals surface area contributed by atoms with Crippen LogP contribution in [0.15, 0.2) is 54.6 Å². The summed E-state index contributed by atoms with van der Waals surface area (Å²) in [5, 5.41) is 12.6. The van der Waals surface area contributed by atoms with Crippen LogP contribution in [0.4, 0.5) is 13.2 Å². The highest BCUT2D eigenvalue weighted by Gasteiger charge is 2.29. The number of ether oxygens (including phenoxy) is 2. The van der Waals surface area contributed by atoms with Crippen molar-refractivity contribution in [2.45, 2.75) is 12.5 Å². The maximum atomic E-state index is 14.6. The molecule has 3 aromatic rings. The van der Waals surface area contributed by atoms with Gasteiger partial charge in [-0.3, -0.25) is 4.79 Å². The maximum Gasteiger partial charge on any atom is 0.253 e. The fraction of sp³-hybridized carbons (Fsp3) is 0.192. The summed E-state index contributed by atoms with van der Waals surface area (Å²) in [5.74, 6) is -2.02. The highest BCUT2D eigenvalue weighted by Crippen LogP contribution is 2.31. The molecule has 0 aliphatic rings. The Morgan fingerprint density at radius 1 is 1.09 bits per heavy atom. The second-order valence-corrected chi connectivity index (χ2v) is 7.24. The molecule has 2 N–H and O–H groups in total. The number of aliphatic hydroxyl groups is 1. The summed E-state index contributed by atoms with van der Waals surface area (Å²) < 4.78 is 54.4. The molecule has 0 fully saturated rings. The minimum absolute atomic E-state index is 0.0391. The van der Waals surface area contributed by atoms with Gasteiger partial charge in [0.05, 0.1) is 12.7 Å². The van der Waals surface area contributed by atoms with Crippen LogP contribution in [0.3, 0.4) is 0 Å². The van der Waals surface area contributed by atoms with E-state index in [9.17, 15) is 23.1 Å². The van der Waals surface area contributed by atoms with Gasteiger partial charge in [0.15, 0.2) is 29.2 Å². The summed E-state index contributed by atoms with van der Waals surface area (Å²) in [5.41, 5.74) is -0.341. The zero-order valence-electron chi connectivity index (χ0n) is 18.3. The smallest absolute Gasteiger partial charge is 0.253 e. The fourth-order valence-corrected chi connectivity index (χ4v) is 3.35. The second-order valence-electron chi connectivity index (χ2n) is 7.24. The molecule has 0 saturated heterocycles. The van der Waals surface area contributed by atoms with Crippen LogP contribution in [-0.2, 0) is 11.2 Å². The van der Waals surface area contributed by atoms with Crippen LogP contribution in [0.5, 0.6) is 11.5 Å². The quantitative estimate of drug-likeness (QED) is 0.365. The minimum atomic E-state index is -2.23. The average Bonchev–Trinajstić information content (AvgIpc) is 2.85. The number of halogens is 3. The molecule has 0 bridgehead atoms. The average molecular weight is 469 g/mol. The first kappa shape index (κ1) is 24.7. The molecule has 0 saturated carbocycles. The van der Waals surface area contributed by atoms with Crippen molar-refractivity contribution in [1.29, 1.82) is 0 Å². The molecule has 1 amide bonds. The lowest BCUT2D eigenvalue weighted by Crippen LogP contribution is -2.32. The Bertz CT molecular complexity index is 1210. The number of methoxy groups -OCH3 is 1. The third-order valence-corrected chi connectivity index (χ3v) is 5.05. The number of aliphatic hydroxyl groups excluding tert-OH is 1. The van der Waals surface area contributed by atoms with Crippen LogP contribution in [0, 0.1) is 29.8 Å². The third-order valence-electron chi connectivity index (χ3n) is 5.05. The molecule has 176 valence electrons. The van der Waals surface area contributed by atoms with E-state index in [4.69, 9.17) is 15.9 Å². The molecule has 8 heteroatoms.